The number of nitrogens with one attached hydrogen (secondary N) is 1. The Bertz CT molecular complexity index is 140. The van der Waals surface area contributed by atoms with Crippen molar-refractivity contribution in [2.24, 2.45) is 5.41 Å². The molecule has 0 bridgehead atoms. The predicted molar refractivity (Wildman–Crippen MR) is 67.3 cm³/mol. The monoisotopic (exact) mass is 215 g/mol. The van der Waals surface area contributed by atoms with E-state index in [0.29, 0.717) is 11.5 Å². The van der Waals surface area contributed by atoms with Gasteiger partial charge in [0.15, 0.2) is 0 Å². The number of rotatable bonds is 8. The Morgan fingerprint density at radius 2 is 1.73 bits per heavy atom. The van der Waals surface area contributed by atoms with Crippen LogP contribution >= 0.6 is 0 Å². The molecule has 2 nitrogen and oxygen atoms in total. The van der Waals surface area contributed by atoms with Crippen LogP contribution in [-0.4, -0.2) is 26.3 Å². The van der Waals surface area contributed by atoms with Crippen LogP contribution in [0.3, 0.4) is 0 Å². The lowest BCUT2D eigenvalue weighted by Crippen LogP contribution is -2.38. The average molecular weight is 215 g/mol. The lowest BCUT2D eigenvalue weighted by Gasteiger charge is -2.30. The minimum Gasteiger partial charge on any atom is -0.381 e. The van der Waals surface area contributed by atoms with Crippen molar-refractivity contribution in [1.29, 1.82) is 0 Å². The molecule has 1 atom stereocenters. The van der Waals surface area contributed by atoms with Gasteiger partial charge in [-0.1, -0.05) is 34.1 Å². The summed E-state index contributed by atoms with van der Waals surface area (Å²) in [6, 6.07) is 0.590. The van der Waals surface area contributed by atoms with E-state index in [9.17, 15) is 0 Å². The van der Waals surface area contributed by atoms with Gasteiger partial charge in [-0.3, -0.25) is 0 Å². The van der Waals surface area contributed by atoms with Gasteiger partial charge in [0.25, 0.3) is 0 Å². The molecule has 0 amide bonds. The van der Waals surface area contributed by atoms with E-state index in [0.717, 1.165) is 19.6 Å². The minimum absolute atomic E-state index is 0.345. The van der Waals surface area contributed by atoms with Crippen molar-refractivity contribution in [3.05, 3.63) is 0 Å². The lowest BCUT2D eigenvalue weighted by molar-refractivity contribution is 0.120. The van der Waals surface area contributed by atoms with Gasteiger partial charge >= 0.3 is 0 Å². The van der Waals surface area contributed by atoms with E-state index in [-0.39, 0.29) is 0 Å². The van der Waals surface area contributed by atoms with Crippen molar-refractivity contribution in [1.82, 2.24) is 5.32 Å². The molecule has 2 heteroatoms. The molecule has 1 unspecified atom stereocenters. The van der Waals surface area contributed by atoms with E-state index in [2.05, 4.69) is 33.0 Å². The van der Waals surface area contributed by atoms with E-state index >= 15 is 0 Å². The molecule has 0 saturated heterocycles. The van der Waals surface area contributed by atoms with Gasteiger partial charge < -0.3 is 10.1 Å². The summed E-state index contributed by atoms with van der Waals surface area (Å²) in [7, 11) is 2.05. The fourth-order valence-corrected chi connectivity index (χ4v) is 1.75. The molecule has 0 fully saturated rings. The molecule has 0 spiro atoms. The van der Waals surface area contributed by atoms with Crippen LogP contribution in [0.15, 0.2) is 0 Å². The zero-order valence-corrected chi connectivity index (χ0v) is 11.2. The van der Waals surface area contributed by atoms with Crippen molar-refractivity contribution in [3.8, 4) is 0 Å². The van der Waals surface area contributed by atoms with Gasteiger partial charge in [-0.2, -0.15) is 0 Å². The molecule has 92 valence electrons. The highest BCUT2D eigenvalue weighted by Crippen LogP contribution is 2.22. The van der Waals surface area contributed by atoms with Crippen LogP contribution in [0.1, 0.15) is 53.4 Å². The van der Waals surface area contributed by atoms with Gasteiger partial charge in [0.2, 0.25) is 0 Å². The van der Waals surface area contributed by atoms with Crippen molar-refractivity contribution in [3.63, 3.8) is 0 Å². The number of ether oxygens (including phenoxy) is 1. The molecule has 0 aromatic rings. The summed E-state index contributed by atoms with van der Waals surface area (Å²) < 4.78 is 5.55. The van der Waals surface area contributed by atoms with Crippen molar-refractivity contribution in [2.45, 2.75) is 59.4 Å². The number of unbranched alkanes of at least 4 members (excludes halogenated alkanes) is 1. The first-order valence-electron chi connectivity index (χ1n) is 6.27. The quantitative estimate of drug-likeness (QED) is 0.628. The molecule has 0 radical (unpaired) electrons. The lowest BCUT2D eigenvalue weighted by atomic mass is 9.84. The van der Waals surface area contributed by atoms with Gasteiger partial charge in [0, 0.05) is 19.3 Å². The average Bonchev–Trinajstić information content (AvgIpc) is 2.15. The molecule has 0 aliphatic carbocycles. The van der Waals surface area contributed by atoms with Crippen molar-refractivity contribution < 1.29 is 4.74 Å². The molecule has 0 saturated carbocycles. The Balaban J connectivity index is 3.48. The van der Waals surface area contributed by atoms with Crippen LogP contribution in [0, 0.1) is 5.41 Å². The summed E-state index contributed by atoms with van der Waals surface area (Å²) in [6.07, 6.45) is 4.77. The van der Waals surface area contributed by atoms with Gasteiger partial charge in [0.1, 0.15) is 0 Å². The van der Waals surface area contributed by atoms with E-state index < -0.39 is 0 Å². The van der Waals surface area contributed by atoms with E-state index in [1.807, 2.05) is 7.05 Å². The van der Waals surface area contributed by atoms with Crippen LogP contribution in [0.2, 0.25) is 0 Å². The second-order valence-electron chi connectivity index (χ2n) is 5.32. The smallest absolute Gasteiger partial charge is 0.0466 e. The van der Waals surface area contributed by atoms with Gasteiger partial charge in [0.05, 0.1) is 0 Å². The fourth-order valence-electron chi connectivity index (χ4n) is 1.75. The Labute approximate surface area is 95.8 Å². The van der Waals surface area contributed by atoms with E-state index in [1.165, 1.54) is 19.3 Å². The van der Waals surface area contributed by atoms with Gasteiger partial charge in [-0.25, -0.2) is 0 Å². The highest BCUT2D eigenvalue weighted by molar-refractivity contribution is 4.78. The molecular weight excluding hydrogens is 186 g/mol. The first-order valence-corrected chi connectivity index (χ1v) is 6.27. The SMILES string of the molecule is CCCCOCCCC(NC)C(C)(C)C. The molecule has 0 rings (SSSR count). The van der Waals surface area contributed by atoms with Crippen LogP contribution < -0.4 is 5.32 Å². The molecule has 0 heterocycles. The highest BCUT2D eigenvalue weighted by atomic mass is 16.5. The zero-order chi connectivity index (χ0) is 11.7. The van der Waals surface area contributed by atoms with Crippen LogP contribution in [0.4, 0.5) is 0 Å². The maximum Gasteiger partial charge on any atom is 0.0466 e. The third-order valence-electron chi connectivity index (χ3n) is 2.82. The highest BCUT2D eigenvalue weighted by Gasteiger charge is 2.21. The van der Waals surface area contributed by atoms with Crippen molar-refractivity contribution in [2.75, 3.05) is 20.3 Å². The topological polar surface area (TPSA) is 21.3 Å². The standard InChI is InChI=1S/C13H29NO/c1-6-7-10-15-11-8-9-12(14-5)13(2,3)4/h12,14H,6-11H2,1-5H3. The second kappa shape index (κ2) is 8.12. The molecule has 0 aromatic carbocycles. The number of hydrogen-bond donors (Lipinski definition) is 1. The Kier molecular flexibility index (Phi) is 8.07. The van der Waals surface area contributed by atoms with Crippen LogP contribution in [-0.2, 0) is 4.74 Å². The minimum atomic E-state index is 0.345. The summed E-state index contributed by atoms with van der Waals surface area (Å²) in [5, 5.41) is 3.39. The molecular formula is C13H29NO. The molecule has 1 N–H and O–H groups in total. The number of hydrogen-bond acceptors (Lipinski definition) is 2. The van der Waals surface area contributed by atoms with Crippen LogP contribution in [0.25, 0.3) is 0 Å². The van der Waals surface area contributed by atoms with E-state index in [1.54, 1.807) is 0 Å². The summed E-state index contributed by atoms with van der Waals surface area (Å²) in [5.41, 5.74) is 0.345. The molecule has 0 aliphatic heterocycles. The molecule has 0 aliphatic rings. The summed E-state index contributed by atoms with van der Waals surface area (Å²) in [6.45, 7) is 10.9. The summed E-state index contributed by atoms with van der Waals surface area (Å²) in [5.74, 6) is 0. The summed E-state index contributed by atoms with van der Waals surface area (Å²) >= 11 is 0. The van der Waals surface area contributed by atoms with Crippen molar-refractivity contribution >= 4 is 0 Å². The van der Waals surface area contributed by atoms with Crippen LogP contribution in [0.5, 0.6) is 0 Å². The second-order valence-corrected chi connectivity index (χ2v) is 5.32. The maximum absolute atomic E-state index is 5.55. The Morgan fingerprint density at radius 3 is 2.20 bits per heavy atom. The molecule has 15 heavy (non-hydrogen) atoms. The third kappa shape index (κ3) is 7.80. The fraction of sp³-hybridized carbons (Fsp3) is 1.00. The van der Waals surface area contributed by atoms with Gasteiger partial charge in [-0.15, -0.1) is 0 Å². The maximum atomic E-state index is 5.55. The van der Waals surface area contributed by atoms with E-state index in [4.69, 9.17) is 4.74 Å². The predicted octanol–water partition coefficient (Wildman–Crippen LogP) is 3.22. The molecule has 0 aromatic heterocycles. The first kappa shape index (κ1) is 14.9. The Morgan fingerprint density at radius 1 is 1.13 bits per heavy atom. The third-order valence-corrected chi connectivity index (χ3v) is 2.82. The van der Waals surface area contributed by atoms with Gasteiger partial charge in [-0.05, 0) is 31.7 Å². The Hall–Kier alpha value is -0.0800. The first-order chi connectivity index (χ1) is 7.02. The summed E-state index contributed by atoms with van der Waals surface area (Å²) in [4.78, 5) is 0. The zero-order valence-electron chi connectivity index (χ0n) is 11.2. The normalized spacial score (nSPS) is 14.2. The largest absolute Gasteiger partial charge is 0.381 e.